The van der Waals surface area contributed by atoms with Gasteiger partial charge in [-0.1, -0.05) is 6.07 Å². The van der Waals surface area contributed by atoms with Crippen molar-refractivity contribution in [2.75, 3.05) is 17.7 Å². The second-order valence-electron chi connectivity index (χ2n) is 3.76. The summed E-state index contributed by atoms with van der Waals surface area (Å²) >= 11 is 0. The first-order valence-corrected chi connectivity index (χ1v) is 5.07. The van der Waals surface area contributed by atoms with Crippen molar-refractivity contribution >= 4 is 11.5 Å². The fraction of sp³-hybridized carbons (Fsp3) is 0.273. The van der Waals surface area contributed by atoms with Gasteiger partial charge >= 0.3 is 0 Å². The number of nitrogens with zero attached hydrogens (tertiary/aromatic N) is 4. The number of aryl methyl sites for hydroxylation is 1. The number of nitrogens with two attached hydrogens (primary N) is 1. The molecule has 0 radical (unpaired) electrons. The van der Waals surface area contributed by atoms with Crippen molar-refractivity contribution in [2.45, 2.75) is 6.54 Å². The minimum Gasteiger partial charge on any atom is -0.394 e. The predicted octanol–water partition coefficient (Wildman–Crippen LogP) is 1.03. The molecule has 0 saturated carbocycles. The van der Waals surface area contributed by atoms with Gasteiger partial charge in [0.05, 0.1) is 17.9 Å². The number of pyridine rings is 1. The van der Waals surface area contributed by atoms with Crippen LogP contribution in [0.4, 0.5) is 11.5 Å². The molecule has 0 aliphatic heterocycles. The van der Waals surface area contributed by atoms with E-state index in [4.69, 9.17) is 5.73 Å². The maximum Gasteiger partial charge on any atom is 0.173 e. The molecule has 0 aliphatic carbocycles. The number of aromatic nitrogens is 3. The van der Waals surface area contributed by atoms with E-state index >= 15 is 0 Å². The van der Waals surface area contributed by atoms with Crippen LogP contribution in [0, 0.1) is 0 Å². The number of anilines is 2. The molecule has 2 N–H and O–H groups in total. The van der Waals surface area contributed by atoms with Gasteiger partial charge in [0.15, 0.2) is 5.82 Å². The van der Waals surface area contributed by atoms with Gasteiger partial charge in [0, 0.05) is 26.5 Å². The van der Waals surface area contributed by atoms with Gasteiger partial charge in [-0.05, 0) is 12.1 Å². The Balaban J connectivity index is 2.14. The summed E-state index contributed by atoms with van der Waals surface area (Å²) in [5.41, 5.74) is 7.53. The Morgan fingerprint density at radius 2 is 2.25 bits per heavy atom. The quantitative estimate of drug-likeness (QED) is 0.834. The standard InChI is InChI=1S/C11H15N5/c1-15(7-9-5-3-4-6-13-9)11-10(12)8-16(2)14-11/h3-6,8H,7,12H2,1-2H3. The van der Waals surface area contributed by atoms with E-state index in [0.717, 1.165) is 11.5 Å². The van der Waals surface area contributed by atoms with Crippen molar-refractivity contribution in [3.05, 3.63) is 36.3 Å². The summed E-state index contributed by atoms with van der Waals surface area (Å²) in [6.45, 7) is 0.696. The molecule has 5 nitrogen and oxygen atoms in total. The molecule has 0 spiro atoms. The molecule has 0 amide bonds. The Kier molecular flexibility index (Phi) is 2.76. The van der Waals surface area contributed by atoms with E-state index in [1.807, 2.05) is 37.2 Å². The summed E-state index contributed by atoms with van der Waals surface area (Å²) < 4.78 is 1.71. The van der Waals surface area contributed by atoms with Crippen molar-refractivity contribution in [3.8, 4) is 0 Å². The molecule has 84 valence electrons. The smallest absolute Gasteiger partial charge is 0.173 e. The van der Waals surface area contributed by atoms with Crippen LogP contribution in [0.5, 0.6) is 0 Å². The van der Waals surface area contributed by atoms with E-state index in [1.54, 1.807) is 17.1 Å². The minimum atomic E-state index is 0.681. The van der Waals surface area contributed by atoms with Crippen LogP contribution >= 0.6 is 0 Å². The molecule has 2 aromatic rings. The predicted molar refractivity (Wildman–Crippen MR) is 64.0 cm³/mol. The van der Waals surface area contributed by atoms with E-state index in [0.29, 0.717) is 12.2 Å². The van der Waals surface area contributed by atoms with Gasteiger partial charge < -0.3 is 10.6 Å². The van der Waals surface area contributed by atoms with Crippen LogP contribution in [0.3, 0.4) is 0 Å². The summed E-state index contributed by atoms with van der Waals surface area (Å²) in [6, 6.07) is 5.85. The molecular formula is C11H15N5. The molecule has 0 bridgehead atoms. The van der Waals surface area contributed by atoms with E-state index in [2.05, 4.69) is 10.1 Å². The van der Waals surface area contributed by atoms with Crippen molar-refractivity contribution < 1.29 is 0 Å². The fourth-order valence-electron chi connectivity index (χ4n) is 1.60. The SMILES string of the molecule is CN(Cc1ccccn1)c1nn(C)cc1N. The topological polar surface area (TPSA) is 60.0 Å². The lowest BCUT2D eigenvalue weighted by Crippen LogP contribution is -2.18. The van der Waals surface area contributed by atoms with Crippen LogP contribution in [0.2, 0.25) is 0 Å². The number of hydrogen-bond acceptors (Lipinski definition) is 4. The molecule has 5 heteroatoms. The average molecular weight is 217 g/mol. The van der Waals surface area contributed by atoms with Crippen LogP contribution in [0.25, 0.3) is 0 Å². The first-order valence-electron chi connectivity index (χ1n) is 5.07. The summed E-state index contributed by atoms with van der Waals surface area (Å²) in [6.07, 6.45) is 3.58. The Morgan fingerprint density at radius 1 is 1.44 bits per heavy atom. The monoisotopic (exact) mass is 217 g/mol. The highest BCUT2D eigenvalue weighted by Crippen LogP contribution is 2.19. The van der Waals surface area contributed by atoms with Gasteiger partial charge in [0.1, 0.15) is 0 Å². The highest BCUT2D eigenvalue weighted by molar-refractivity contribution is 5.61. The number of nitrogen functional groups attached to an aromatic ring is 1. The molecule has 16 heavy (non-hydrogen) atoms. The minimum absolute atomic E-state index is 0.681. The molecule has 2 aromatic heterocycles. The molecule has 0 fully saturated rings. The summed E-state index contributed by atoms with van der Waals surface area (Å²) in [5.74, 6) is 0.785. The van der Waals surface area contributed by atoms with Gasteiger partial charge in [-0.3, -0.25) is 9.67 Å². The van der Waals surface area contributed by atoms with Gasteiger partial charge in [0.2, 0.25) is 0 Å². The molecule has 0 unspecified atom stereocenters. The van der Waals surface area contributed by atoms with Gasteiger partial charge in [-0.15, -0.1) is 0 Å². The third-order valence-electron chi connectivity index (χ3n) is 2.32. The fourth-order valence-corrected chi connectivity index (χ4v) is 1.60. The van der Waals surface area contributed by atoms with Crippen LogP contribution in [0.15, 0.2) is 30.6 Å². The lowest BCUT2D eigenvalue weighted by molar-refractivity contribution is 0.749. The van der Waals surface area contributed by atoms with Gasteiger partial charge in [0.25, 0.3) is 0 Å². The van der Waals surface area contributed by atoms with Crippen molar-refractivity contribution in [1.82, 2.24) is 14.8 Å². The highest BCUT2D eigenvalue weighted by Gasteiger charge is 2.10. The average Bonchev–Trinajstić information content (AvgIpc) is 2.59. The normalized spacial score (nSPS) is 10.4. The van der Waals surface area contributed by atoms with Crippen LogP contribution in [-0.2, 0) is 13.6 Å². The van der Waals surface area contributed by atoms with E-state index in [-0.39, 0.29) is 0 Å². The first kappa shape index (κ1) is 10.5. The molecule has 0 aromatic carbocycles. The Bertz CT molecular complexity index is 462. The van der Waals surface area contributed by atoms with Crippen molar-refractivity contribution in [3.63, 3.8) is 0 Å². The summed E-state index contributed by atoms with van der Waals surface area (Å²) in [4.78, 5) is 6.25. The Labute approximate surface area is 94.5 Å². The van der Waals surface area contributed by atoms with Crippen LogP contribution in [-0.4, -0.2) is 21.8 Å². The first-order chi connectivity index (χ1) is 7.66. The maximum absolute atomic E-state index is 5.85. The Morgan fingerprint density at radius 3 is 2.81 bits per heavy atom. The van der Waals surface area contributed by atoms with Crippen LogP contribution in [0.1, 0.15) is 5.69 Å². The molecule has 0 aliphatic rings. The summed E-state index contributed by atoms with van der Waals surface area (Å²) in [5, 5.41) is 4.30. The zero-order valence-electron chi connectivity index (χ0n) is 9.46. The van der Waals surface area contributed by atoms with Gasteiger partial charge in [-0.25, -0.2) is 0 Å². The zero-order chi connectivity index (χ0) is 11.5. The molecule has 2 heterocycles. The second kappa shape index (κ2) is 4.22. The van der Waals surface area contributed by atoms with Crippen molar-refractivity contribution in [1.29, 1.82) is 0 Å². The molecule has 0 saturated heterocycles. The van der Waals surface area contributed by atoms with E-state index in [1.165, 1.54) is 0 Å². The van der Waals surface area contributed by atoms with E-state index < -0.39 is 0 Å². The van der Waals surface area contributed by atoms with E-state index in [9.17, 15) is 0 Å². The zero-order valence-corrected chi connectivity index (χ0v) is 9.46. The number of hydrogen-bond donors (Lipinski definition) is 1. The highest BCUT2D eigenvalue weighted by atomic mass is 15.3. The lowest BCUT2D eigenvalue weighted by Gasteiger charge is -2.16. The molecule has 2 rings (SSSR count). The maximum atomic E-state index is 5.85. The van der Waals surface area contributed by atoms with Crippen LogP contribution < -0.4 is 10.6 Å². The summed E-state index contributed by atoms with van der Waals surface area (Å²) in [7, 11) is 3.81. The molecule has 0 atom stereocenters. The largest absolute Gasteiger partial charge is 0.394 e. The lowest BCUT2D eigenvalue weighted by atomic mass is 10.3. The third-order valence-corrected chi connectivity index (χ3v) is 2.32. The number of rotatable bonds is 3. The molecular weight excluding hydrogens is 202 g/mol. The Hall–Kier alpha value is -2.04. The second-order valence-corrected chi connectivity index (χ2v) is 3.76. The van der Waals surface area contributed by atoms with Crippen molar-refractivity contribution in [2.24, 2.45) is 7.05 Å². The van der Waals surface area contributed by atoms with Gasteiger partial charge in [-0.2, -0.15) is 5.10 Å². The third kappa shape index (κ3) is 2.13.